The van der Waals surface area contributed by atoms with Gasteiger partial charge in [-0.3, -0.25) is 4.79 Å². The van der Waals surface area contributed by atoms with E-state index in [1.54, 1.807) is 59.7 Å². The van der Waals surface area contributed by atoms with Crippen LogP contribution in [0.2, 0.25) is 5.02 Å². The molecular formula is C17H11ClN4O2. The highest BCUT2D eigenvalue weighted by atomic mass is 35.5. The Balaban J connectivity index is 1.54. The number of carbonyl (C=O) groups excluding carboxylic acids is 1. The number of nitrogens with one attached hydrogen (secondary N) is 1. The van der Waals surface area contributed by atoms with Crippen LogP contribution < -0.4 is 5.32 Å². The molecule has 0 saturated carbocycles. The van der Waals surface area contributed by atoms with Gasteiger partial charge in [-0.2, -0.15) is 5.10 Å². The summed E-state index contributed by atoms with van der Waals surface area (Å²) < 4.78 is 7.17. The number of hydrogen-bond acceptors (Lipinski definition) is 4. The fraction of sp³-hybridized carbons (Fsp3) is 0. The molecule has 0 atom stereocenters. The van der Waals surface area contributed by atoms with E-state index in [0.717, 1.165) is 5.39 Å². The lowest BCUT2D eigenvalue weighted by Gasteiger charge is -2.04. The fourth-order valence-corrected chi connectivity index (χ4v) is 2.50. The number of pyridine rings is 1. The van der Waals surface area contributed by atoms with Gasteiger partial charge in [0.1, 0.15) is 5.58 Å². The molecule has 6 nitrogen and oxygen atoms in total. The molecule has 4 rings (SSSR count). The van der Waals surface area contributed by atoms with Gasteiger partial charge in [0.2, 0.25) is 0 Å². The van der Waals surface area contributed by atoms with Crippen LogP contribution in [0.15, 0.2) is 65.5 Å². The lowest BCUT2D eigenvalue weighted by Crippen LogP contribution is -2.11. The maximum atomic E-state index is 12.3. The van der Waals surface area contributed by atoms with Crippen LogP contribution in [0.25, 0.3) is 16.8 Å². The quantitative estimate of drug-likeness (QED) is 0.614. The van der Waals surface area contributed by atoms with E-state index in [9.17, 15) is 4.79 Å². The highest BCUT2D eigenvalue weighted by Gasteiger charge is 2.13. The molecule has 0 fully saturated rings. The number of hydrogen-bond donors (Lipinski definition) is 1. The number of furan rings is 1. The summed E-state index contributed by atoms with van der Waals surface area (Å²) in [4.78, 5) is 16.6. The standard InChI is InChI=1S/C17H11ClN4O2/c18-12-2-4-14-11(8-12)9-15(24-14)17(23)21-13-3-5-16(19-10-13)22-7-1-6-20-22/h1-10H,(H,21,23). The molecule has 0 saturated heterocycles. The van der Waals surface area contributed by atoms with Crippen LogP contribution in [0.3, 0.4) is 0 Å². The van der Waals surface area contributed by atoms with Crippen molar-refractivity contribution in [1.29, 1.82) is 0 Å². The highest BCUT2D eigenvalue weighted by Crippen LogP contribution is 2.23. The number of carbonyl (C=O) groups is 1. The molecule has 1 N–H and O–H groups in total. The van der Waals surface area contributed by atoms with Crippen molar-refractivity contribution in [3.05, 3.63) is 71.8 Å². The summed E-state index contributed by atoms with van der Waals surface area (Å²) in [5.41, 5.74) is 1.17. The Morgan fingerprint density at radius 3 is 2.88 bits per heavy atom. The molecular weight excluding hydrogens is 328 g/mol. The number of amides is 1. The number of rotatable bonds is 3. The molecule has 0 unspecified atom stereocenters. The summed E-state index contributed by atoms with van der Waals surface area (Å²) in [6.07, 6.45) is 5.03. The van der Waals surface area contributed by atoms with Crippen LogP contribution in [0.5, 0.6) is 0 Å². The van der Waals surface area contributed by atoms with Crippen molar-refractivity contribution in [1.82, 2.24) is 14.8 Å². The molecule has 3 heterocycles. The van der Waals surface area contributed by atoms with Gasteiger partial charge in [0.15, 0.2) is 11.6 Å². The van der Waals surface area contributed by atoms with Crippen molar-refractivity contribution in [2.45, 2.75) is 0 Å². The third-order valence-electron chi connectivity index (χ3n) is 3.45. The number of benzene rings is 1. The Morgan fingerprint density at radius 1 is 1.21 bits per heavy atom. The molecule has 0 aliphatic heterocycles. The van der Waals surface area contributed by atoms with Gasteiger partial charge in [-0.25, -0.2) is 9.67 Å². The molecule has 118 valence electrons. The molecule has 24 heavy (non-hydrogen) atoms. The molecule has 0 spiro atoms. The van der Waals surface area contributed by atoms with Crippen molar-refractivity contribution in [3.8, 4) is 5.82 Å². The van der Waals surface area contributed by atoms with Crippen molar-refractivity contribution in [3.63, 3.8) is 0 Å². The molecule has 1 amide bonds. The van der Waals surface area contributed by atoms with Crippen LogP contribution in [0.4, 0.5) is 5.69 Å². The Labute approximate surface area is 141 Å². The number of anilines is 1. The Morgan fingerprint density at radius 2 is 2.12 bits per heavy atom. The monoisotopic (exact) mass is 338 g/mol. The topological polar surface area (TPSA) is 73.0 Å². The largest absolute Gasteiger partial charge is 0.451 e. The SMILES string of the molecule is O=C(Nc1ccc(-n2cccn2)nc1)c1cc2cc(Cl)ccc2o1. The lowest BCUT2D eigenvalue weighted by atomic mass is 10.2. The average molecular weight is 339 g/mol. The molecule has 0 radical (unpaired) electrons. The third-order valence-corrected chi connectivity index (χ3v) is 3.68. The average Bonchev–Trinajstić information content (AvgIpc) is 3.24. The van der Waals surface area contributed by atoms with Gasteiger partial charge in [0, 0.05) is 22.8 Å². The van der Waals surface area contributed by atoms with E-state index < -0.39 is 0 Å². The van der Waals surface area contributed by atoms with E-state index in [2.05, 4.69) is 15.4 Å². The normalized spacial score (nSPS) is 10.9. The molecule has 0 aliphatic carbocycles. The minimum absolute atomic E-state index is 0.211. The van der Waals surface area contributed by atoms with E-state index in [1.165, 1.54) is 0 Å². The van der Waals surface area contributed by atoms with Gasteiger partial charge < -0.3 is 9.73 Å². The molecule has 1 aromatic carbocycles. The highest BCUT2D eigenvalue weighted by molar-refractivity contribution is 6.31. The van der Waals surface area contributed by atoms with Crippen LogP contribution >= 0.6 is 11.6 Å². The van der Waals surface area contributed by atoms with Crippen molar-refractivity contribution in [2.75, 3.05) is 5.32 Å². The first-order valence-corrected chi connectivity index (χ1v) is 7.53. The number of fused-ring (bicyclic) bond motifs is 1. The summed E-state index contributed by atoms with van der Waals surface area (Å²) >= 11 is 5.94. The molecule has 0 bridgehead atoms. The van der Waals surface area contributed by atoms with E-state index in [-0.39, 0.29) is 11.7 Å². The van der Waals surface area contributed by atoms with Gasteiger partial charge in [-0.05, 0) is 42.5 Å². The summed E-state index contributed by atoms with van der Waals surface area (Å²) in [7, 11) is 0. The second kappa shape index (κ2) is 5.82. The van der Waals surface area contributed by atoms with Gasteiger partial charge in [-0.1, -0.05) is 11.6 Å². The maximum Gasteiger partial charge on any atom is 0.291 e. The van der Waals surface area contributed by atoms with E-state index in [1.807, 2.05) is 6.07 Å². The summed E-state index contributed by atoms with van der Waals surface area (Å²) in [5.74, 6) is 0.524. The van der Waals surface area contributed by atoms with Gasteiger partial charge in [-0.15, -0.1) is 0 Å². The van der Waals surface area contributed by atoms with Crippen molar-refractivity contribution < 1.29 is 9.21 Å². The minimum Gasteiger partial charge on any atom is -0.451 e. The predicted octanol–water partition coefficient (Wildman–Crippen LogP) is 3.92. The van der Waals surface area contributed by atoms with E-state index in [4.69, 9.17) is 16.0 Å². The number of halogens is 1. The fourth-order valence-electron chi connectivity index (χ4n) is 2.32. The van der Waals surface area contributed by atoms with Crippen LogP contribution in [0, 0.1) is 0 Å². The van der Waals surface area contributed by atoms with Crippen molar-refractivity contribution >= 4 is 34.2 Å². The molecule has 4 aromatic rings. The van der Waals surface area contributed by atoms with Gasteiger partial charge in [0.05, 0.1) is 11.9 Å². The minimum atomic E-state index is -0.351. The number of aromatic nitrogens is 3. The zero-order valence-corrected chi connectivity index (χ0v) is 13.1. The van der Waals surface area contributed by atoms with E-state index in [0.29, 0.717) is 22.1 Å². The number of nitrogens with zero attached hydrogens (tertiary/aromatic N) is 3. The van der Waals surface area contributed by atoms with Crippen molar-refractivity contribution in [2.24, 2.45) is 0 Å². The van der Waals surface area contributed by atoms with Crippen LogP contribution in [-0.2, 0) is 0 Å². The Bertz CT molecular complexity index is 1010. The second-order valence-electron chi connectivity index (χ2n) is 5.10. The smallest absolute Gasteiger partial charge is 0.291 e. The Kier molecular flexibility index (Phi) is 3.51. The first kappa shape index (κ1) is 14.5. The molecule has 0 aliphatic rings. The zero-order valence-electron chi connectivity index (χ0n) is 12.3. The summed E-state index contributed by atoms with van der Waals surface area (Å²) in [6.45, 7) is 0. The first-order chi connectivity index (χ1) is 11.7. The summed E-state index contributed by atoms with van der Waals surface area (Å²) in [5, 5.41) is 8.21. The summed E-state index contributed by atoms with van der Waals surface area (Å²) in [6, 6.07) is 12.2. The van der Waals surface area contributed by atoms with E-state index >= 15 is 0 Å². The molecule has 3 aromatic heterocycles. The van der Waals surface area contributed by atoms with Gasteiger partial charge in [0.25, 0.3) is 5.91 Å². The predicted molar refractivity (Wildman–Crippen MR) is 90.5 cm³/mol. The first-order valence-electron chi connectivity index (χ1n) is 7.15. The zero-order chi connectivity index (χ0) is 16.5. The third kappa shape index (κ3) is 2.75. The maximum absolute atomic E-state index is 12.3. The van der Waals surface area contributed by atoms with Crippen LogP contribution in [-0.4, -0.2) is 20.7 Å². The van der Waals surface area contributed by atoms with Gasteiger partial charge >= 0.3 is 0 Å². The molecule has 7 heteroatoms. The van der Waals surface area contributed by atoms with Crippen LogP contribution in [0.1, 0.15) is 10.6 Å². The Hall–Kier alpha value is -3.12. The lowest BCUT2D eigenvalue weighted by molar-refractivity contribution is 0.0998. The second-order valence-corrected chi connectivity index (χ2v) is 5.54.